The molecule has 3 heterocycles. The molecule has 0 aromatic rings. The van der Waals surface area contributed by atoms with Crippen LogP contribution in [-0.2, 0) is 9.59 Å². The normalized spacial score (nSPS) is 30.2. The van der Waals surface area contributed by atoms with Gasteiger partial charge in [-0.05, 0) is 32.2 Å². The minimum Gasteiger partial charge on any atom is -0.334 e. The van der Waals surface area contributed by atoms with Gasteiger partial charge in [0.1, 0.15) is 0 Å². The van der Waals surface area contributed by atoms with Crippen molar-refractivity contribution in [1.82, 2.24) is 15.1 Å². The van der Waals surface area contributed by atoms with Crippen LogP contribution < -0.4 is 5.32 Å². The van der Waals surface area contributed by atoms with Gasteiger partial charge in [0.05, 0.1) is 6.54 Å². The van der Waals surface area contributed by atoms with Gasteiger partial charge >= 0.3 is 0 Å². The summed E-state index contributed by atoms with van der Waals surface area (Å²) in [6, 6.07) is 0.748. The van der Waals surface area contributed by atoms with Gasteiger partial charge < -0.3 is 15.1 Å². The fourth-order valence-electron chi connectivity index (χ4n) is 3.51. The van der Waals surface area contributed by atoms with Gasteiger partial charge in [-0.2, -0.15) is 0 Å². The molecule has 3 saturated heterocycles. The van der Waals surface area contributed by atoms with E-state index in [1.54, 1.807) is 4.90 Å². The Bertz CT molecular complexity index is 350. The number of amides is 2. The molecular weight excluding hydrogens is 266 g/mol. The van der Waals surface area contributed by atoms with Crippen LogP contribution in [0, 0.1) is 0 Å². The highest BCUT2D eigenvalue weighted by Crippen LogP contribution is 2.28. The molecule has 108 valence electrons. The molecule has 5 nitrogen and oxygen atoms in total. The molecule has 1 N–H and O–H groups in total. The average Bonchev–Trinajstić information content (AvgIpc) is 2.82. The van der Waals surface area contributed by atoms with Gasteiger partial charge in [0.25, 0.3) is 0 Å². The van der Waals surface area contributed by atoms with E-state index >= 15 is 0 Å². The quantitative estimate of drug-likeness (QED) is 0.799. The smallest absolute Gasteiger partial charge is 0.242 e. The lowest BCUT2D eigenvalue weighted by Gasteiger charge is -2.29. The fraction of sp³-hybridized carbons (Fsp3) is 0.846. The first-order valence-electron chi connectivity index (χ1n) is 7.05. The molecule has 0 saturated carbocycles. The maximum Gasteiger partial charge on any atom is 0.242 e. The molecule has 0 radical (unpaired) electrons. The lowest BCUT2D eigenvalue weighted by Crippen LogP contribution is -2.47. The molecule has 2 unspecified atom stereocenters. The molecule has 3 rings (SSSR count). The summed E-state index contributed by atoms with van der Waals surface area (Å²) in [5.41, 5.74) is 0. The topological polar surface area (TPSA) is 52.7 Å². The van der Waals surface area contributed by atoms with Crippen molar-refractivity contribution in [2.24, 2.45) is 0 Å². The summed E-state index contributed by atoms with van der Waals surface area (Å²) in [7, 11) is 0. The highest BCUT2D eigenvalue weighted by atomic mass is 35.5. The first-order valence-corrected chi connectivity index (χ1v) is 7.05. The van der Waals surface area contributed by atoms with Crippen LogP contribution in [0.1, 0.15) is 32.1 Å². The number of carbonyl (C=O) groups is 2. The molecule has 6 heteroatoms. The average molecular weight is 288 g/mol. The van der Waals surface area contributed by atoms with E-state index in [-0.39, 0.29) is 24.2 Å². The second-order valence-corrected chi connectivity index (χ2v) is 5.60. The highest BCUT2D eigenvalue weighted by molar-refractivity contribution is 5.86. The van der Waals surface area contributed by atoms with E-state index in [2.05, 4.69) is 10.2 Å². The third kappa shape index (κ3) is 2.87. The SMILES string of the molecule is Cl.O=C1CCCN1CC(=O)N1C2CCNCC1CC2. The van der Waals surface area contributed by atoms with Crippen molar-refractivity contribution in [2.75, 3.05) is 26.2 Å². The standard InChI is InChI=1S/C13H21N3O2.ClH/c17-12-2-1-7-15(12)9-13(18)16-10-3-4-11(16)8-14-6-5-10;/h10-11,14H,1-9H2;1H. The van der Waals surface area contributed by atoms with Crippen LogP contribution in [0.4, 0.5) is 0 Å². The number of fused-ring (bicyclic) bond motifs is 2. The summed E-state index contributed by atoms with van der Waals surface area (Å²) in [6.45, 7) is 2.97. The molecule has 0 aliphatic carbocycles. The summed E-state index contributed by atoms with van der Waals surface area (Å²) >= 11 is 0. The van der Waals surface area contributed by atoms with Gasteiger partial charge in [-0.3, -0.25) is 9.59 Å². The highest BCUT2D eigenvalue weighted by Gasteiger charge is 2.38. The summed E-state index contributed by atoms with van der Waals surface area (Å²) in [4.78, 5) is 27.8. The Morgan fingerprint density at radius 2 is 2.05 bits per heavy atom. The number of likely N-dealkylation sites (tertiary alicyclic amines) is 1. The zero-order valence-corrected chi connectivity index (χ0v) is 12.0. The van der Waals surface area contributed by atoms with Gasteiger partial charge in [-0.1, -0.05) is 0 Å². The number of rotatable bonds is 2. The lowest BCUT2D eigenvalue weighted by atomic mass is 10.1. The number of nitrogens with one attached hydrogen (secondary N) is 1. The summed E-state index contributed by atoms with van der Waals surface area (Å²) in [6.07, 6.45) is 4.81. The molecule has 3 fully saturated rings. The first-order chi connectivity index (χ1) is 8.75. The second-order valence-electron chi connectivity index (χ2n) is 5.60. The molecule has 0 spiro atoms. The predicted octanol–water partition coefficient (Wildman–Crippen LogP) is 0.384. The number of hydrogen-bond acceptors (Lipinski definition) is 3. The fourth-order valence-corrected chi connectivity index (χ4v) is 3.51. The van der Waals surface area contributed by atoms with Gasteiger partial charge in [0, 0.05) is 31.6 Å². The largest absolute Gasteiger partial charge is 0.334 e. The Kier molecular flexibility index (Phi) is 4.68. The van der Waals surface area contributed by atoms with E-state index in [4.69, 9.17) is 0 Å². The van der Waals surface area contributed by atoms with Gasteiger partial charge in [0.2, 0.25) is 11.8 Å². The zero-order chi connectivity index (χ0) is 12.5. The number of halogens is 1. The van der Waals surface area contributed by atoms with E-state index in [1.165, 1.54) is 0 Å². The van der Waals surface area contributed by atoms with Crippen LogP contribution in [0.25, 0.3) is 0 Å². The molecule has 2 atom stereocenters. The molecule has 2 bridgehead atoms. The number of nitrogens with zero attached hydrogens (tertiary/aromatic N) is 2. The minimum absolute atomic E-state index is 0. The Balaban J connectivity index is 0.00000133. The number of hydrogen-bond donors (Lipinski definition) is 1. The summed E-state index contributed by atoms with van der Waals surface area (Å²) in [5.74, 6) is 0.296. The third-order valence-electron chi connectivity index (χ3n) is 4.44. The molecule has 0 aromatic heterocycles. The van der Waals surface area contributed by atoms with Crippen LogP contribution in [-0.4, -0.2) is 59.9 Å². The maximum absolute atomic E-state index is 12.4. The van der Waals surface area contributed by atoms with E-state index in [1.807, 2.05) is 0 Å². The van der Waals surface area contributed by atoms with Gasteiger partial charge in [0.15, 0.2) is 0 Å². The van der Waals surface area contributed by atoms with E-state index < -0.39 is 0 Å². The van der Waals surface area contributed by atoms with Crippen LogP contribution in [0.3, 0.4) is 0 Å². The van der Waals surface area contributed by atoms with Crippen LogP contribution >= 0.6 is 12.4 Å². The summed E-state index contributed by atoms with van der Waals surface area (Å²) < 4.78 is 0. The Labute approximate surface area is 120 Å². The summed E-state index contributed by atoms with van der Waals surface area (Å²) in [5, 5.41) is 3.39. The maximum atomic E-state index is 12.4. The van der Waals surface area contributed by atoms with Crippen molar-refractivity contribution >= 4 is 24.2 Å². The van der Waals surface area contributed by atoms with Gasteiger partial charge in [-0.15, -0.1) is 12.4 Å². The number of carbonyl (C=O) groups excluding carboxylic acids is 2. The zero-order valence-electron chi connectivity index (χ0n) is 11.1. The lowest BCUT2D eigenvalue weighted by molar-refractivity contribution is -0.140. The monoisotopic (exact) mass is 287 g/mol. The van der Waals surface area contributed by atoms with E-state index in [0.29, 0.717) is 25.0 Å². The van der Waals surface area contributed by atoms with Crippen molar-refractivity contribution in [2.45, 2.75) is 44.2 Å². The van der Waals surface area contributed by atoms with Crippen molar-refractivity contribution in [3.8, 4) is 0 Å². The van der Waals surface area contributed by atoms with Crippen molar-refractivity contribution in [3.63, 3.8) is 0 Å². The predicted molar refractivity (Wildman–Crippen MR) is 74.2 cm³/mol. The first kappa shape index (κ1) is 14.6. The second kappa shape index (κ2) is 6.09. The van der Waals surface area contributed by atoms with E-state index in [9.17, 15) is 9.59 Å². The van der Waals surface area contributed by atoms with Crippen molar-refractivity contribution in [1.29, 1.82) is 0 Å². The minimum atomic E-state index is 0. The van der Waals surface area contributed by atoms with Gasteiger partial charge in [-0.25, -0.2) is 0 Å². The van der Waals surface area contributed by atoms with Crippen molar-refractivity contribution < 1.29 is 9.59 Å². The molecule has 3 aliphatic heterocycles. The molecule has 2 amide bonds. The van der Waals surface area contributed by atoms with Crippen LogP contribution in [0.2, 0.25) is 0 Å². The Hall–Kier alpha value is -0.810. The third-order valence-corrected chi connectivity index (χ3v) is 4.44. The Morgan fingerprint density at radius 1 is 1.26 bits per heavy atom. The Morgan fingerprint density at radius 3 is 2.79 bits per heavy atom. The molecule has 3 aliphatic rings. The molecular formula is C13H22ClN3O2. The van der Waals surface area contributed by atoms with E-state index in [0.717, 1.165) is 45.3 Å². The molecule has 19 heavy (non-hydrogen) atoms. The molecule has 0 aromatic carbocycles. The van der Waals surface area contributed by atoms with Crippen molar-refractivity contribution in [3.05, 3.63) is 0 Å². The van der Waals surface area contributed by atoms with Crippen LogP contribution in [0.15, 0.2) is 0 Å². The van der Waals surface area contributed by atoms with Crippen LogP contribution in [0.5, 0.6) is 0 Å².